The van der Waals surface area contributed by atoms with Gasteiger partial charge in [-0.2, -0.15) is 0 Å². The van der Waals surface area contributed by atoms with Gasteiger partial charge in [-0.1, -0.05) is 44.7 Å². The molecule has 0 bridgehead atoms. The number of hydrogen-bond acceptors (Lipinski definition) is 6. The molecule has 1 heterocycles. The fourth-order valence-electron chi connectivity index (χ4n) is 3.62. The molecule has 0 radical (unpaired) electrons. The van der Waals surface area contributed by atoms with Crippen LogP contribution in [0.3, 0.4) is 0 Å². The van der Waals surface area contributed by atoms with Crippen LogP contribution in [0.5, 0.6) is 5.75 Å². The number of unbranched alkanes of at least 4 members (excludes halogenated alkanes) is 4. The second-order valence-corrected chi connectivity index (χ2v) is 8.09. The van der Waals surface area contributed by atoms with Crippen molar-refractivity contribution in [2.45, 2.75) is 51.5 Å². The number of nitrogens with zero attached hydrogens (tertiary/aromatic N) is 1. The Morgan fingerprint density at radius 1 is 1.00 bits per heavy atom. The number of carbonyl (C=O) groups excluding carboxylic acids is 1. The lowest BCUT2D eigenvalue weighted by molar-refractivity contribution is -0.142. The molecule has 1 atom stereocenters. The molecule has 0 fully saturated rings. The van der Waals surface area contributed by atoms with Crippen molar-refractivity contribution in [3.8, 4) is 28.5 Å². The molecule has 0 saturated heterocycles. The van der Waals surface area contributed by atoms with Crippen LogP contribution in [0.2, 0.25) is 0 Å². The van der Waals surface area contributed by atoms with Gasteiger partial charge in [-0.15, -0.1) is 0 Å². The zero-order chi connectivity index (χ0) is 23.5. The van der Waals surface area contributed by atoms with E-state index in [2.05, 4.69) is 17.2 Å². The maximum atomic E-state index is 11.8. The summed E-state index contributed by atoms with van der Waals surface area (Å²) in [7, 11) is 3.14. The minimum absolute atomic E-state index is 0.276. The number of methoxy groups -OCH3 is 1. The molecule has 0 saturated carbocycles. The monoisotopic (exact) mass is 450 g/mol. The van der Waals surface area contributed by atoms with Gasteiger partial charge in [-0.3, -0.25) is 4.79 Å². The minimum Gasteiger partial charge on any atom is -0.494 e. The van der Waals surface area contributed by atoms with Gasteiger partial charge in [0, 0.05) is 11.1 Å². The number of oxazole rings is 1. The predicted molar refractivity (Wildman–Crippen MR) is 130 cm³/mol. The average molecular weight is 451 g/mol. The predicted octanol–water partition coefficient (Wildman–Crippen LogP) is 5.66. The number of carbonyl (C=O) groups is 1. The maximum absolute atomic E-state index is 11.8. The van der Waals surface area contributed by atoms with Crippen molar-refractivity contribution in [2.75, 3.05) is 20.8 Å². The highest BCUT2D eigenvalue weighted by atomic mass is 16.5. The van der Waals surface area contributed by atoms with E-state index in [1.165, 1.54) is 32.8 Å². The van der Waals surface area contributed by atoms with Crippen LogP contribution in [0.1, 0.15) is 44.6 Å². The molecule has 1 N–H and O–H groups in total. The van der Waals surface area contributed by atoms with E-state index in [1.54, 1.807) is 13.3 Å². The van der Waals surface area contributed by atoms with Gasteiger partial charge in [0.15, 0.2) is 0 Å². The van der Waals surface area contributed by atoms with Crippen molar-refractivity contribution >= 4 is 5.97 Å². The molecule has 1 aromatic heterocycles. The first-order valence-electron chi connectivity index (χ1n) is 11.7. The average Bonchev–Trinajstić information content (AvgIpc) is 3.35. The number of esters is 1. The first-order chi connectivity index (χ1) is 16.1. The highest BCUT2D eigenvalue weighted by Gasteiger charge is 2.17. The van der Waals surface area contributed by atoms with Crippen molar-refractivity contribution in [2.24, 2.45) is 0 Å². The Hall–Kier alpha value is -3.12. The molecule has 6 nitrogen and oxygen atoms in total. The fraction of sp³-hybridized carbons (Fsp3) is 0.407. The second kappa shape index (κ2) is 12.8. The third-order valence-electron chi connectivity index (χ3n) is 5.65. The molecule has 0 amide bonds. The largest absolute Gasteiger partial charge is 0.494 e. The van der Waals surface area contributed by atoms with Gasteiger partial charge in [0.1, 0.15) is 23.7 Å². The summed E-state index contributed by atoms with van der Waals surface area (Å²) >= 11 is 0. The van der Waals surface area contributed by atoms with Gasteiger partial charge in [0.05, 0.1) is 13.7 Å². The first kappa shape index (κ1) is 24.5. The maximum Gasteiger partial charge on any atom is 0.323 e. The highest BCUT2D eigenvalue weighted by molar-refractivity contribution is 5.76. The number of benzene rings is 2. The summed E-state index contributed by atoms with van der Waals surface area (Å²) in [5, 5.41) is 2.98. The van der Waals surface area contributed by atoms with Gasteiger partial charge < -0.3 is 19.2 Å². The lowest BCUT2D eigenvalue weighted by Crippen LogP contribution is -2.36. The van der Waals surface area contributed by atoms with Gasteiger partial charge in [0.2, 0.25) is 5.89 Å². The van der Waals surface area contributed by atoms with Crippen LogP contribution in [0.15, 0.2) is 59.2 Å². The van der Waals surface area contributed by atoms with E-state index >= 15 is 0 Å². The number of rotatable bonds is 13. The molecular formula is C27H34N2O4. The van der Waals surface area contributed by atoms with Crippen molar-refractivity contribution in [1.29, 1.82) is 0 Å². The lowest BCUT2D eigenvalue weighted by atomic mass is 10.0. The minimum atomic E-state index is -0.373. The molecule has 3 rings (SSSR count). The van der Waals surface area contributed by atoms with E-state index in [0.29, 0.717) is 12.3 Å². The van der Waals surface area contributed by atoms with Crippen molar-refractivity contribution in [1.82, 2.24) is 10.3 Å². The van der Waals surface area contributed by atoms with E-state index in [-0.39, 0.29) is 12.0 Å². The Kier molecular flexibility index (Phi) is 9.51. The number of nitrogens with one attached hydrogen (secondary N) is 1. The lowest BCUT2D eigenvalue weighted by Gasteiger charge is -2.13. The standard InChI is InChI=1S/C27H34N2O4/c1-4-5-6-7-8-17-32-23-15-13-21(14-16-23)25-19-33-26(29-25)22-11-9-20(10-12-22)18-24(28-2)27(30)31-3/h9-16,19,24,28H,4-8,17-18H2,1-3H3. The van der Waals surface area contributed by atoms with Gasteiger partial charge >= 0.3 is 5.97 Å². The van der Waals surface area contributed by atoms with Crippen LogP contribution >= 0.6 is 0 Å². The Labute approximate surface area is 196 Å². The summed E-state index contributed by atoms with van der Waals surface area (Å²) < 4.78 is 16.4. The number of aromatic nitrogens is 1. The normalized spacial score (nSPS) is 11.8. The molecule has 6 heteroatoms. The van der Waals surface area contributed by atoms with Crippen LogP contribution < -0.4 is 10.1 Å². The van der Waals surface area contributed by atoms with E-state index in [4.69, 9.17) is 13.9 Å². The van der Waals surface area contributed by atoms with Gasteiger partial charge in [-0.25, -0.2) is 4.98 Å². The smallest absolute Gasteiger partial charge is 0.323 e. The molecule has 0 spiro atoms. The third-order valence-corrected chi connectivity index (χ3v) is 5.65. The van der Waals surface area contributed by atoms with Crippen LogP contribution in [0.25, 0.3) is 22.7 Å². The number of hydrogen-bond donors (Lipinski definition) is 1. The molecule has 0 aliphatic carbocycles. The molecule has 176 valence electrons. The van der Waals surface area contributed by atoms with Crippen LogP contribution in [0, 0.1) is 0 Å². The van der Waals surface area contributed by atoms with Gasteiger partial charge in [0.25, 0.3) is 0 Å². The molecule has 1 unspecified atom stereocenters. The summed E-state index contributed by atoms with van der Waals surface area (Å²) in [6, 6.07) is 15.4. The molecule has 0 aliphatic heterocycles. The van der Waals surface area contributed by atoms with E-state index in [1.807, 2.05) is 48.5 Å². The Morgan fingerprint density at radius 2 is 1.70 bits per heavy atom. The quantitative estimate of drug-likeness (QED) is 0.267. The molecule has 0 aliphatic rings. The summed E-state index contributed by atoms with van der Waals surface area (Å²) in [4.78, 5) is 16.4. The fourth-order valence-corrected chi connectivity index (χ4v) is 3.62. The van der Waals surface area contributed by atoms with E-state index in [9.17, 15) is 4.79 Å². The van der Waals surface area contributed by atoms with Crippen LogP contribution in [-0.2, 0) is 16.0 Å². The Morgan fingerprint density at radius 3 is 2.36 bits per heavy atom. The zero-order valence-corrected chi connectivity index (χ0v) is 19.8. The second-order valence-electron chi connectivity index (χ2n) is 8.09. The molecule has 33 heavy (non-hydrogen) atoms. The third kappa shape index (κ3) is 7.19. The van der Waals surface area contributed by atoms with E-state index < -0.39 is 0 Å². The van der Waals surface area contributed by atoms with Crippen LogP contribution in [0.4, 0.5) is 0 Å². The molecular weight excluding hydrogens is 416 g/mol. The Balaban J connectivity index is 1.56. The SMILES string of the molecule is CCCCCCCOc1ccc(-c2coc(-c3ccc(CC(NC)C(=O)OC)cc3)n2)cc1. The Bertz CT molecular complexity index is 980. The summed E-state index contributed by atoms with van der Waals surface area (Å²) in [5.41, 5.74) is 3.66. The number of ether oxygens (including phenoxy) is 2. The first-order valence-corrected chi connectivity index (χ1v) is 11.7. The molecule has 3 aromatic rings. The zero-order valence-electron chi connectivity index (χ0n) is 19.8. The number of likely N-dealkylation sites (N-methyl/N-ethyl adjacent to an activating group) is 1. The van der Waals surface area contributed by atoms with Crippen LogP contribution in [-0.4, -0.2) is 37.8 Å². The molecule has 2 aromatic carbocycles. The highest BCUT2D eigenvalue weighted by Crippen LogP contribution is 2.26. The van der Waals surface area contributed by atoms with Crippen molar-refractivity contribution in [3.63, 3.8) is 0 Å². The summed E-state index contributed by atoms with van der Waals surface area (Å²) in [6.45, 7) is 2.97. The topological polar surface area (TPSA) is 73.6 Å². The summed E-state index contributed by atoms with van der Waals surface area (Å²) in [5.74, 6) is 1.16. The summed E-state index contributed by atoms with van der Waals surface area (Å²) in [6.07, 6.45) is 8.35. The van der Waals surface area contributed by atoms with Crippen molar-refractivity contribution < 1.29 is 18.7 Å². The van der Waals surface area contributed by atoms with E-state index in [0.717, 1.165) is 41.2 Å². The van der Waals surface area contributed by atoms with Gasteiger partial charge in [-0.05, 0) is 61.9 Å². The van der Waals surface area contributed by atoms with Crippen molar-refractivity contribution in [3.05, 3.63) is 60.4 Å².